The van der Waals surface area contributed by atoms with Crippen LogP contribution >= 0.6 is 0 Å². The molecule has 3 aliphatic heterocycles. The van der Waals surface area contributed by atoms with Crippen LogP contribution in [-0.2, 0) is 7.05 Å². The van der Waals surface area contributed by atoms with Gasteiger partial charge in [0.1, 0.15) is 5.75 Å². The number of nitrogens with one attached hydrogen (secondary N) is 2. The van der Waals surface area contributed by atoms with E-state index in [-0.39, 0.29) is 6.03 Å². The van der Waals surface area contributed by atoms with Gasteiger partial charge in [-0.3, -0.25) is 9.58 Å². The molecule has 3 aliphatic rings. The Bertz CT molecular complexity index is 1240. The maximum absolute atomic E-state index is 12.5. The molecule has 0 aliphatic carbocycles. The summed E-state index contributed by atoms with van der Waals surface area (Å²) in [4.78, 5) is 15.0. The van der Waals surface area contributed by atoms with Crippen LogP contribution in [0.15, 0.2) is 48.5 Å². The van der Waals surface area contributed by atoms with Gasteiger partial charge in [-0.2, -0.15) is 5.10 Å². The van der Waals surface area contributed by atoms with E-state index < -0.39 is 0 Å². The Labute approximate surface area is 217 Å². The predicted molar refractivity (Wildman–Crippen MR) is 143 cm³/mol. The topological polar surface area (TPSA) is 89.9 Å². The smallest absolute Gasteiger partial charge is 0.319 e. The van der Waals surface area contributed by atoms with Crippen LogP contribution in [0.5, 0.6) is 17.2 Å². The van der Waals surface area contributed by atoms with E-state index in [4.69, 9.17) is 19.3 Å². The molecule has 0 saturated carbocycles. The summed E-state index contributed by atoms with van der Waals surface area (Å²) in [6, 6.07) is 15.6. The maximum Gasteiger partial charge on any atom is 0.319 e. The van der Waals surface area contributed by atoms with Crippen LogP contribution < -0.4 is 24.8 Å². The summed E-state index contributed by atoms with van der Waals surface area (Å²) in [5.41, 5.74) is 3.93. The molecule has 9 nitrogen and oxygen atoms in total. The molecule has 1 aromatic heterocycles. The number of amides is 2. The van der Waals surface area contributed by atoms with E-state index in [1.54, 1.807) is 21.3 Å². The second-order valence-electron chi connectivity index (χ2n) is 9.75. The lowest BCUT2D eigenvalue weighted by Crippen LogP contribution is -2.56. The van der Waals surface area contributed by atoms with Crippen LogP contribution in [0.3, 0.4) is 0 Å². The highest BCUT2D eigenvalue weighted by atomic mass is 16.5. The molecule has 2 amide bonds. The third-order valence-corrected chi connectivity index (χ3v) is 7.70. The van der Waals surface area contributed by atoms with Gasteiger partial charge in [-0.05, 0) is 73.8 Å². The number of urea groups is 1. The number of methoxy groups -OCH3 is 3. The van der Waals surface area contributed by atoms with Crippen molar-refractivity contribution in [2.24, 2.45) is 13.0 Å². The minimum Gasteiger partial charge on any atom is -0.497 e. The lowest BCUT2D eigenvalue weighted by Gasteiger charge is -2.49. The van der Waals surface area contributed by atoms with Gasteiger partial charge in [0.15, 0.2) is 11.5 Å². The first-order valence-corrected chi connectivity index (χ1v) is 12.7. The zero-order valence-electron chi connectivity index (χ0n) is 21.9. The van der Waals surface area contributed by atoms with Gasteiger partial charge in [-0.25, -0.2) is 4.79 Å². The Hall–Kier alpha value is -3.72. The van der Waals surface area contributed by atoms with Crippen molar-refractivity contribution < 1.29 is 19.0 Å². The molecule has 6 rings (SSSR count). The number of carbonyl (C=O) groups is 1. The number of rotatable bonds is 8. The highest BCUT2D eigenvalue weighted by Gasteiger charge is 2.41. The van der Waals surface area contributed by atoms with Gasteiger partial charge in [-0.1, -0.05) is 0 Å². The fourth-order valence-electron chi connectivity index (χ4n) is 5.71. The number of fused-ring (bicyclic) bond motifs is 3. The van der Waals surface area contributed by atoms with Gasteiger partial charge in [0, 0.05) is 49.0 Å². The van der Waals surface area contributed by atoms with Gasteiger partial charge in [-0.15, -0.1) is 0 Å². The molecule has 9 heteroatoms. The first kappa shape index (κ1) is 25.0. The summed E-state index contributed by atoms with van der Waals surface area (Å²) in [7, 11) is 6.94. The van der Waals surface area contributed by atoms with Gasteiger partial charge >= 0.3 is 6.03 Å². The Balaban J connectivity index is 1.21. The summed E-state index contributed by atoms with van der Waals surface area (Å²) in [5.74, 6) is 3.15. The van der Waals surface area contributed by atoms with E-state index in [0.29, 0.717) is 35.9 Å². The van der Waals surface area contributed by atoms with Gasteiger partial charge in [0.25, 0.3) is 0 Å². The molecule has 3 aromatic rings. The lowest BCUT2D eigenvalue weighted by molar-refractivity contribution is 0.0296. The molecular formula is C28H35N5O4. The van der Waals surface area contributed by atoms with E-state index in [9.17, 15) is 4.79 Å². The molecular weight excluding hydrogens is 470 g/mol. The SMILES string of the molecule is COc1ccc(NC(=O)NC[C@H]2C[C@@H]3CCN2C[C@H]3c2cc(-c3ccc(OC)c(OC)c3)nn2C)cc1. The van der Waals surface area contributed by atoms with Crippen molar-refractivity contribution in [1.29, 1.82) is 0 Å². The summed E-state index contributed by atoms with van der Waals surface area (Å²) >= 11 is 0. The molecule has 0 spiro atoms. The predicted octanol–water partition coefficient (Wildman–Crippen LogP) is 4.11. The molecule has 3 saturated heterocycles. The number of nitrogens with zero attached hydrogens (tertiary/aromatic N) is 3. The van der Waals surface area contributed by atoms with Crippen LogP contribution in [0.25, 0.3) is 11.3 Å². The van der Waals surface area contributed by atoms with E-state index in [1.165, 1.54) is 5.69 Å². The van der Waals surface area contributed by atoms with Crippen molar-refractivity contribution in [3.63, 3.8) is 0 Å². The molecule has 2 bridgehead atoms. The summed E-state index contributed by atoms with van der Waals surface area (Å²) in [6.45, 7) is 2.67. The summed E-state index contributed by atoms with van der Waals surface area (Å²) < 4.78 is 18.0. The molecule has 196 valence electrons. The number of hydrogen-bond acceptors (Lipinski definition) is 6. The Morgan fingerprint density at radius 2 is 1.81 bits per heavy atom. The van der Waals surface area contributed by atoms with E-state index in [2.05, 4.69) is 21.6 Å². The third kappa shape index (κ3) is 5.22. The quantitative estimate of drug-likeness (QED) is 0.479. The van der Waals surface area contributed by atoms with E-state index in [1.807, 2.05) is 54.2 Å². The van der Waals surface area contributed by atoms with Crippen molar-refractivity contribution >= 4 is 11.7 Å². The van der Waals surface area contributed by atoms with Gasteiger partial charge in [0.05, 0.1) is 27.0 Å². The first-order valence-electron chi connectivity index (χ1n) is 12.7. The zero-order valence-corrected chi connectivity index (χ0v) is 21.9. The minimum absolute atomic E-state index is 0.185. The average molecular weight is 506 g/mol. The molecule has 2 N–H and O–H groups in total. The molecule has 4 heterocycles. The molecule has 1 unspecified atom stereocenters. The van der Waals surface area contributed by atoms with Crippen LogP contribution in [0.1, 0.15) is 24.5 Å². The Kier molecular flexibility index (Phi) is 7.23. The minimum atomic E-state index is -0.185. The first-order chi connectivity index (χ1) is 18.0. The summed E-state index contributed by atoms with van der Waals surface area (Å²) in [5, 5.41) is 10.8. The van der Waals surface area contributed by atoms with Crippen molar-refractivity contribution in [3.8, 4) is 28.5 Å². The fourth-order valence-corrected chi connectivity index (χ4v) is 5.71. The number of ether oxygens (including phenoxy) is 3. The van der Waals surface area contributed by atoms with Crippen LogP contribution in [0.4, 0.5) is 10.5 Å². The second-order valence-corrected chi connectivity index (χ2v) is 9.75. The number of aromatic nitrogens is 2. The monoisotopic (exact) mass is 505 g/mol. The number of carbonyl (C=O) groups excluding carboxylic acids is 1. The van der Waals surface area contributed by atoms with E-state index in [0.717, 1.165) is 48.6 Å². The maximum atomic E-state index is 12.5. The molecule has 3 fully saturated rings. The highest BCUT2D eigenvalue weighted by Crippen LogP contribution is 2.42. The number of piperidine rings is 3. The second kappa shape index (κ2) is 10.7. The van der Waals surface area contributed by atoms with Crippen molar-refractivity contribution in [1.82, 2.24) is 20.0 Å². The van der Waals surface area contributed by atoms with Gasteiger partial charge < -0.3 is 24.8 Å². The summed E-state index contributed by atoms with van der Waals surface area (Å²) in [6.07, 6.45) is 2.22. The normalized spacial score (nSPS) is 22.4. The van der Waals surface area contributed by atoms with Crippen molar-refractivity contribution in [3.05, 3.63) is 54.2 Å². The Morgan fingerprint density at radius 1 is 1.03 bits per heavy atom. The average Bonchev–Trinajstić information content (AvgIpc) is 3.33. The molecule has 0 radical (unpaired) electrons. The van der Waals surface area contributed by atoms with Crippen LogP contribution in [0, 0.1) is 5.92 Å². The number of hydrogen-bond donors (Lipinski definition) is 2. The van der Waals surface area contributed by atoms with Crippen LogP contribution in [-0.4, -0.2) is 67.7 Å². The fraction of sp³-hybridized carbons (Fsp3) is 0.429. The van der Waals surface area contributed by atoms with Gasteiger partial charge in [0.2, 0.25) is 0 Å². The third-order valence-electron chi connectivity index (χ3n) is 7.70. The highest BCUT2D eigenvalue weighted by molar-refractivity contribution is 5.89. The number of anilines is 1. The van der Waals surface area contributed by atoms with E-state index >= 15 is 0 Å². The zero-order chi connectivity index (χ0) is 25.9. The van der Waals surface area contributed by atoms with Crippen LogP contribution in [0.2, 0.25) is 0 Å². The number of benzene rings is 2. The van der Waals surface area contributed by atoms with Crippen molar-refractivity contribution in [2.75, 3.05) is 46.3 Å². The Morgan fingerprint density at radius 3 is 2.49 bits per heavy atom. The lowest BCUT2D eigenvalue weighted by atomic mass is 9.74. The molecule has 4 atom stereocenters. The number of aryl methyl sites for hydroxylation is 1. The van der Waals surface area contributed by atoms with Crippen molar-refractivity contribution in [2.45, 2.75) is 24.8 Å². The largest absolute Gasteiger partial charge is 0.497 e. The molecule has 2 aromatic carbocycles. The molecule has 37 heavy (non-hydrogen) atoms. The standard InChI is InChI=1S/C28H35N5O4/c1-32-25(15-24(31-32)19-5-10-26(36-3)27(14-19)37-4)23-17-33-12-11-18(23)13-21(33)16-29-28(34)30-20-6-8-22(35-2)9-7-20/h5-10,14-15,18,21,23H,11-13,16-17H2,1-4H3,(H2,29,30,34)/t18-,21+,23+/m0/s1.